The topological polar surface area (TPSA) is 214 Å². The third-order valence-electron chi connectivity index (χ3n) is 0.203. The van der Waals surface area contributed by atoms with Crippen molar-refractivity contribution in [2.24, 2.45) is 0 Å². The predicted molar refractivity (Wildman–Crippen MR) is 50.0 cm³/mol. The average Bonchev–Trinajstić information content (AvgIpc) is 2.04. The summed E-state index contributed by atoms with van der Waals surface area (Å²) in [5, 5.41) is 22.6. The number of rotatable bonds is 0. The Morgan fingerprint density at radius 3 is 0.842 bits per heavy atom. The molecule has 0 aromatic heterocycles. The van der Waals surface area contributed by atoms with Gasteiger partial charge in [0.05, 0.1) is 0 Å². The standard InChI is InChI=1S/C2H4N3O2.3CNO.3Y/c3-1(6)5-2(4)7;3*2-1-3;;;/h(H4-,3,4,5,6,7);;;;;;/q4*-1;;;/p-2. The summed E-state index contributed by atoms with van der Waals surface area (Å²) in [6.45, 7) is 0. The number of hydrogen-bond acceptors (Lipinski definition) is 5. The van der Waals surface area contributed by atoms with E-state index < -0.39 is 12.1 Å². The summed E-state index contributed by atoms with van der Waals surface area (Å²) in [6, 6.07) is -2.75. The van der Waals surface area contributed by atoms with Crippen molar-refractivity contribution in [3.63, 3.8) is 0 Å². The van der Waals surface area contributed by atoms with Crippen molar-refractivity contribution < 1.29 is 122 Å². The molecule has 0 saturated heterocycles. The van der Waals surface area contributed by atoms with Gasteiger partial charge in [-0.15, -0.1) is 0 Å². The van der Waals surface area contributed by atoms with Crippen LogP contribution >= 0.6 is 0 Å². The number of carbonyl (C=O) groups is 2. The first-order valence-corrected chi connectivity index (χ1v) is 2.64. The third kappa shape index (κ3) is 271. The fraction of sp³-hybridized carbons (Fsp3) is 0. The molecule has 0 unspecified atom stereocenters. The van der Waals surface area contributed by atoms with Crippen molar-refractivity contribution in [1.82, 2.24) is 0 Å². The van der Waals surface area contributed by atoms with Gasteiger partial charge in [0.2, 0.25) is 0 Å². The molecule has 14 heteroatoms. The molecule has 97 valence electrons. The van der Waals surface area contributed by atoms with Crippen molar-refractivity contribution in [3.05, 3.63) is 33.0 Å². The minimum Gasteiger partial charge on any atom is -0.724 e. The first-order valence-electron chi connectivity index (χ1n) is 2.64. The van der Waals surface area contributed by atoms with Gasteiger partial charge >= 0.3 is 0 Å². The molecule has 0 atom stereocenters. The monoisotopic (exact) mass is 493 g/mol. The molecule has 0 aliphatic carbocycles. The Morgan fingerprint density at radius 1 is 0.737 bits per heavy atom. The van der Waals surface area contributed by atoms with Gasteiger partial charge in [0.15, 0.2) is 0 Å². The number of isocyanates is 3. The van der Waals surface area contributed by atoms with Crippen molar-refractivity contribution in [2.45, 2.75) is 0 Å². The van der Waals surface area contributed by atoms with E-state index in [2.05, 4.69) is 5.32 Å². The summed E-state index contributed by atoms with van der Waals surface area (Å²) in [5.74, 6) is 0. The number of hydrogen-bond donors (Lipinski definition) is 0. The van der Waals surface area contributed by atoms with Crippen LogP contribution < -0.4 is 0 Å². The van der Waals surface area contributed by atoms with E-state index >= 15 is 0 Å². The molecular formula is C5H2N6O5Y3-6. The van der Waals surface area contributed by atoms with Gasteiger partial charge in [-0.25, -0.2) is 0 Å². The summed E-state index contributed by atoms with van der Waals surface area (Å²) in [6.07, 6.45) is 1.50. The van der Waals surface area contributed by atoms with Crippen molar-refractivity contribution in [3.8, 4) is 0 Å². The van der Waals surface area contributed by atoms with E-state index in [1.807, 2.05) is 0 Å². The zero-order chi connectivity index (χ0) is 14.0. The smallest absolute Gasteiger partial charge is 0 e. The maximum Gasteiger partial charge on any atom is 0 e. The van der Waals surface area contributed by atoms with Gasteiger partial charge in [0, 0.05) is 98.1 Å². The summed E-state index contributed by atoms with van der Waals surface area (Å²) >= 11 is 0. The Kier molecular flexibility index (Phi) is 116. The van der Waals surface area contributed by atoms with Crippen LogP contribution in [0.15, 0.2) is 0 Å². The van der Waals surface area contributed by atoms with E-state index in [4.69, 9.17) is 42.1 Å². The summed E-state index contributed by atoms with van der Waals surface area (Å²) in [4.78, 5) is 43.5. The number of nitrogens with one attached hydrogen (secondary N) is 2. The molecule has 0 aromatic rings. The van der Waals surface area contributed by atoms with E-state index in [1.54, 1.807) is 0 Å². The summed E-state index contributed by atoms with van der Waals surface area (Å²) < 4.78 is 0. The molecule has 0 aliphatic heterocycles. The number of nitrogens with zero attached hydrogens (tertiary/aromatic N) is 4. The second-order valence-corrected chi connectivity index (χ2v) is 0.996. The summed E-state index contributed by atoms with van der Waals surface area (Å²) in [7, 11) is 0. The number of urea groups is 2. The van der Waals surface area contributed by atoms with Crippen LogP contribution in [0.5, 0.6) is 0 Å². The van der Waals surface area contributed by atoms with Crippen LogP contribution in [0.4, 0.5) is 9.59 Å². The molecule has 0 spiro atoms. The van der Waals surface area contributed by atoms with E-state index in [0.717, 1.165) is 0 Å². The van der Waals surface area contributed by atoms with E-state index in [1.165, 1.54) is 0 Å². The van der Waals surface area contributed by atoms with E-state index in [9.17, 15) is 9.59 Å². The number of amides is 4. The molecule has 19 heavy (non-hydrogen) atoms. The molecule has 11 nitrogen and oxygen atoms in total. The number of carbonyl (C=O) groups excluding carboxylic acids is 5. The van der Waals surface area contributed by atoms with Gasteiger partial charge in [-0.2, -0.15) is 0 Å². The van der Waals surface area contributed by atoms with Gasteiger partial charge in [-0.05, 0) is 30.3 Å². The predicted octanol–water partition coefficient (Wildman–Crippen LogP) is 1.37. The van der Waals surface area contributed by atoms with E-state index in [0.29, 0.717) is 18.2 Å². The van der Waals surface area contributed by atoms with Crippen LogP contribution in [0.25, 0.3) is 33.0 Å². The average molecular weight is 493 g/mol. The first kappa shape index (κ1) is 42.7. The quantitative estimate of drug-likeness (QED) is 0.360. The maximum absolute atomic E-state index is 9.41. The fourth-order valence-electron chi connectivity index (χ4n) is 0.0922. The van der Waals surface area contributed by atoms with Crippen LogP contribution in [0, 0.1) is 0 Å². The van der Waals surface area contributed by atoms with Gasteiger partial charge in [-0.1, -0.05) is 0 Å². The van der Waals surface area contributed by atoms with Crippen molar-refractivity contribution in [1.29, 1.82) is 0 Å². The van der Waals surface area contributed by atoms with Crippen molar-refractivity contribution in [2.75, 3.05) is 0 Å². The van der Waals surface area contributed by atoms with Gasteiger partial charge in [0.1, 0.15) is 0 Å². The molecule has 3 radical (unpaired) electrons. The molecule has 0 heterocycles. The molecule has 0 aliphatic rings. The van der Waals surface area contributed by atoms with Crippen LogP contribution in [0.3, 0.4) is 0 Å². The normalized spacial score (nSPS) is 4.00. The Labute approximate surface area is 182 Å². The Morgan fingerprint density at radius 2 is 0.842 bits per heavy atom. The molecule has 0 saturated carbocycles. The number of imide groups is 1. The van der Waals surface area contributed by atoms with Gasteiger partial charge < -0.3 is 42.6 Å². The van der Waals surface area contributed by atoms with Gasteiger partial charge in [0.25, 0.3) is 0 Å². The largest absolute Gasteiger partial charge is 0.724 e. The Balaban J connectivity index is -0.0000000210. The Bertz CT molecular complexity index is 266. The zero-order valence-electron chi connectivity index (χ0n) is 9.06. The molecule has 2 N–H and O–H groups in total. The third-order valence-corrected chi connectivity index (χ3v) is 0.203. The maximum atomic E-state index is 9.41. The SMILES string of the molecule is [N-]=C=O.[N-]=C=O.[N-]=C=O.[NH-]C(=O)[N-]C([NH-])=O.[Y].[Y].[Y]. The van der Waals surface area contributed by atoms with Crippen molar-refractivity contribution >= 4 is 30.3 Å². The zero-order valence-corrected chi connectivity index (χ0v) is 17.6. The molecule has 4 amide bonds. The molecule has 0 fully saturated rings. The molecular weight excluding hydrogens is 491 g/mol. The minimum absolute atomic E-state index is 0. The second-order valence-electron chi connectivity index (χ2n) is 0.996. The fourth-order valence-corrected chi connectivity index (χ4v) is 0.0922. The van der Waals surface area contributed by atoms with Crippen LogP contribution in [-0.2, 0) is 113 Å². The van der Waals surface area contributed by atoms with E-state index in [-0.39, 0.29) is 98.1 Å². The minimum atomic E-state index is -1.38. The molecule has 0 aromatic carbocycles. The first-order chi connectivity index (χ1) is 7.37. The molecule has 0 rings (SSSR count). The Hall–Kier alpha value is 0.192. The van der Waals surface area contributed by atoms with Crippen LogP contribution in [0.2, 0.25) is 0 Å². The van der Waals surface area contributed by atoms with Crippen LogP contribution in [0.1, 0.15) is 0 Å². The van der Waals surface area contributed by atoms with Crippen LogP contribution in [-0.4, -0.2) is 30.3 Å². The molecule has 0 bridgehead atoms. The second kappa shape index (κ2) is 51.8. The summed E-state index contributed by atoms with van der Waals surface area (Å²) in [5.41, 5.74) is 11.9. The van der Waals surface area contributed by atoms with Gasteiger partial charge in [-0.3, -0.25) is 14.4 Å².